The smallest absolute Gasteiger partial charge is 0.160 e. The van der Waals surface area contributed by atoms with Gasteiger partial charge in [-0.15, -0.1) is 0 Å². The molecule has 0 amide bonds. The second kappa shape index (κ2) is 12.7. The quantitative estimate of drug-likeness (QED) is 0.170. The minimum atomic E-state index is 0.657. The van der Waals surface area contributed by atoms with Gasteiger partial charge in [0, 0.05) is 47.0 Å². The van der Waals surface area contributed by atoms with Crippen LogP contribution in [0.3, 0.4) is 0 Å². The molecule has 0 N–H and O–H groups in total. The highest BCUT2D eigenvalue weighted by atomic mass is 14.9. The van der Waals surface area contributed by atoms with E-state index in [-0.39, 0.29) is 0 Å². The molecule has 0 bridgehead atoms. The molecule has 9 rings (SSSR count). The summed E-state index contributed by atoms with van der Waals surface area (Å²) in [7, 11) is 0. The largest absolute Gasteiger partial charge is 0.264 e. The maximum atomic E-state index is 5.20. The normalized spacial score (nSPS) is 11.2. The van der Waals surface area contributed by atoms with Crippen LogP contribution in [-0.4, -0.2) is 19.9 Å². The predicted molar refractivity (Wildman–Crippen MR) is 205 cm³/mol. The monoisotopic (exact) mass is 638 g/mol. The number of fused-ring (bicyclic) bond motifs is 2. The van der Waals surface area contributed by atoms with Crippen LogP contribution in [0.15, 0.2) is 183 Å². The molecule has 3 heterocycles. The van der Waals surface area contributed by atoms with Crippen molar-refractivity contribution in [1.82, 2.24) is 19.9 Å². The Labute approximate surface area is 290 Å². The van der Waals surface area contributed by atoms with Gasteiger partial charge in [-0.05, 0) is 85.8 Å². The van der Waals surface area contributed by atoms with E-state index in [0.29, 0.717) is 5.82 Å². The molecule has 4 heteroatoms. The highest BCUT2D eigenvalue weighted by Gasteiger charge is 2.18. The van der Waals surface area contributed by atoms with Crippen LogP contribution in [-0.2, 0) is 0 Å². The van der Waals surface area contributed by atoms with Crippen LogP contribution < -0.4 is 0 Å². The van der Waals surface area contributed by atoms with E-state index in [0.717, 1.165) is 44.8 Å². The summed E-state index contributed by atoms with van der Waals surface area (Å²) < 4.78 is 0. The van der Waals surface area contributed by atoms with E-state index in [9.17, 15) is 0 Å². The van der Waals surface area contributed by atoms with Crippen LogP contribution in [0.5, 0.6) is 0 Å². The summed E-state index contributed by atoms with van der Waals surface area (Å²) in [5, 5.41) is 4.87. The van der Waals surface area contributed by atoms with Gasteiger partial charge in [-0.3, -0.25) is 9.97 Å². The Morgan fingerprint density at radius 3 is 1.38 bits per heavy atom. The van der Waals surface area contributed by atoms with Gasteiger partial charge in [0.1, 0.15) is 0 Å². The lowest BCUT2D eigenvalue weighted by molar-refractivity contribution is 1.18. The number of hydrogen-bond acceptors (Lipinski definition) is 4. The molecule has 234 valence electrons. The van der Waals surface area contributed by atoms with Crippen molar-refractivity contribution in [2.24, 2.45) is 0 Å². The minimum absolute atomic E-state index is 0.657. The van der Waals surface area contributed by atoms with Gasteiger partial charge in [0.15, 0.2) is 5.82 Å². The molecule has 6 aromatic carbocycles. The van der Waals surface area contributed by atoms with Gasteiger partial charge in [-0.1, -0.05) is 121 Å². The van der Waals surface area contributed by atoms with Crippen molar-refractivity contribution >= 4 is 21.5 Å². The highest BCUT2D eigenvalue weighted by molar-refractivity contribution is 6.21. The first-order valence-corrected chi connectivity index (χ1v) is 16.7. The molecule has 0 radical (unpaired) electrons. The van der Waals surface area contributed by atoms with Crippen LogP contribution in [0.2, 0.25) is 0 Å². The molecule has 0 unspecified atom stereocenters. The number of nitrogens with zero attached hydrogens (tertiary/aromatic N) is 4. The van der Waals surface area contributed by atoms with Crippen molar-refractivity contribution in [2.75, 3.05) is 0 Å². The molecule has 0 saturated heterocycles. The average molecular weight is 639 g/mol. The Kier molecular flexibility index (Phi) is 7.45. The van der Waals surface area contributed by atoms with Crippen molar-refractivity contribution in [1.29, 1.82) is 0 Å². The number of aromatic nitrogens is 4. The summed E-state index contributed by atoms with van der Waals surface area (Å²) in [6, 6.07) is 55.3. The predicted octanol–water partition coefficient (Wildman–Crippen LogP) is 11.6. The molecule has 3 aromatic heterocycles. The molecule has 4 nitrogen and oxygen atoms in total. The third kappa shape index (κ3) is 5.39. The first kappa shape index (κ1) is 29.4. The summed E-state index contributed by atoms with van der Waals surface area (Å²) in [6.07, 6.45) is 7.31. The van der Waals surface area contributed by atoms with Crippen LogP contribution in [0.25, 0.3) is 88.8 Å². The van der Waals surface area contributed by atoms with Crippen molar-refractivity contribution in [3.8, 4) is 67.3 Å². The van der Waals surface area contributed by atoms with Gasteiger partial charge in [0.25, 0.3) is 0 Å². The van der Waals surface area contributed by atoms with Gasteiger partial charge in [-0.25, -0.2) is 9.97 Å². The summed E-state index contributed by atoms with van der Waals surface area (Å²) >= 11 is 0. The molecule has 0 saturated carbocycles. The van der Waals surface area contributed by atoms with E-state index in [1.165, 1.54) is 38.2 Å². The fourth-order valence-electron chi connectivity index (χ4n) is 6.95. The number of hydrogen-bond donors (Lipinski definition) is 0. The molecule has 0 atom stereocenters. The first-order valence-electron chi connectivity index (χ1n) is 16.7. The molecule has 9 aromatic rings. The Bertz CT molecular complexity index is 2580. The average Bonchev–Trinajstić information content (AvgIpc) is 3.21. The molecular formula is C46H30N4. The zero-order valence-corrected chi connectivity index (χ0v) is 27.1. The summed E-state index contributed by atoms with van der Waals surface area (Å²) in [6.45, 7) is 0. The zero-order chi connectivity index (χ0) is 33.3. The maximum Gasteiger partial charge on any atom is 0.160 e. The molecule has 0 fully saturated rings. The molecule has 0 aliphatic rings. The number of rotatable bonds is 6. The molecular weight excluding hydrogens is 609 g/mol. The molecule has 50 heavy (non-hydrogen) atoms. The zero-order valence-electron chi connectivity index (χ0n) is 27.1. The number of pyridine rings is 2. The van der Waals surface area contributed by atoms with Crippen LogP contribution >= 0.6 is 0 Å². The van der Waals surface area contributed by atoms with Crippen molar-refractivity contribution in [2.45, 2.75) is 0 Å². The Balaban J connectivity index is 1.24. The second-order valence-corrected chi connectivity index (χ2v) is 12.3. The third-order valence-corrected chi connectivity index (χ3v) is 9.24. The first-order chi connectivity index (χ1) is 24.8. The highest BCUT2D eigenvalue weighted by Crippen LogP contribution is 2.44. The van der Waals surface area contributed by atoms with Gasteiger partial charge >= 0.3 is 0 Å². The summed E-state index contributed by atoms with van der Waals surface area (Å²) in [5.74, 6) is 0.657. The Hall–Kier alpha value is -6.78. The van der Waals surface area contributed by atoms with E-state index in [2.05, 4.69) is 149 Å². The standard InChI is InChI=1S/C46H30N4/c1-2-12-31(13-3-1)44-38-20-4-6-22-40(38)45(41-23-7-5-21-39(41)44)34-16-9-17-35(27-34)46-49-42(28-43(50-46)37-19-11-25-48-30-37)33-15-8-14-32(26-33)36-18-10-24-47-29-36/h1-30H. The van der Waals surface area contributed by atoms with Crippen LogP contribution in [0.4, 0.5) is 0 Å². The molecule has 0 spiro atoms. The van der Waals surface area contributed by atoms with Gasteiger partial charge in [0.05, 0.1) is 11.4 Å². The number of benzene rings is 6. The Morgan fingerprint density at radius 2 is 0.760 bits per heavy atom. The second-order valence-electron chi connectivity index (χ2n) is 12.3. The molecule has 0 aliphatic carbocycles. The van der Waals surface area contributed by atoms with Gasteiger partial charge in [-0.2, -0.15) is 0 Å². The van der Waals surface area contributed by atoms with Crippen molar-refractivity contribution < 1.29 is 0 Å². The summed E-state index contributed by atoms with van der Waals surface area (Å²) in [4.78, 5) is 19.1. The fraction of sp³-hybridized carbons (Fsp3) is 0. The van der Waals surface area contributed by atoms with E-state index >= 15 is 0 Å². The van der Waals surface area contributed by atoms with Crippen molar-refractivity contribution in [3.05, 3.63) is 183 Å². The summed E-state index contributed by atoms with van der Waals surface area (Å²) in [5.41, 5.74) is 11.5. The third-order valence-electron chi connectivity index (χ3n) is 9.24. The van der Waals surface area contributed by atoms with Crippen LogP contribution in [0.1, 0.15) is 0 Å². The minimum Gasteiger partial charge on any atom is -0.264 e. The lowest BCUT2D eigenvalue weighted by Crippen LogP contribution is -1.97. The van der Waals surface area contributed by atoms with E-state index in [4.69, 9.17) is 9.97 Å². The van der Waals surface area contributed by atoms with E-state index in [1.54, 1.807) is 12.4 Å². The lowest BCUT2D eigenvalue weighted by Gasteiger charge is -2.18. The Morgan fingerprint density at radius 1 is 0.300 bits per heavy atom. The van der Waals surface area contributed by atoms with Gasteiger partial charge in [0.2, 0.25) is 0 Å². The topological polar surface area (TPSA) is 51.6 Å². The fourth-order valence-corrected chi connectivity index (χ4v) is 6.95. The maximum absolute atomic E-state index is 5.20. The van der Waals surface area contributed by atoms with Crippen molar-refractivity contribution in [3.63, 3.8) is 0 Å². The van der Waals surface area contributed by atoms with E-state index < -0.39 is 0 Å². The van der Waals surface area contributed by atoms with E-state index in [1.807, 2.05) is 30.6 Å². The SMILES string of the molecule is c1ccc(-c2c3ccccc3c(-c3cccc(-c4nc(-c5cccnc5)cc(-c5cccc(-c6cccnc6)c5)n4)c3)c3ccccc23)cc1. The van der Waals surface area contributed by atoms with Gasteiger partial charge < -0.3 is 0 Å². The lowest BCUT2D eigenvalue weighted by atomic mass is 9.85. The van der Waals surface area contributed by atoms with Crippen LogP contribution in [0, 0.1) is 0 Å². The molecule has 0 aliphatic heterocycles.